The van der Waals surface area contributed by atoms with Crippen molar-refractivity contribution < 1.29 is 14.3 Å². The molecule has 0 aromatic heterocycles. The maximum absolute atomic E-state index is 12.4. The number of aldehydes is 1. The minimum absolute atomic E-state index is 0.0694. The molecule has 0 aliphatic heterocycles. The van der Waals surface area contributed by atoms with Crippen molar-refractivity contribution in [1.29, 1.82) is 0 Å². The Labute approximate surface area is 126 Å². The van der Waals surface area contributed by atoms with E-state index in [1.54, 1.807) is 0 Å². The van der Waals surface area contributed by atoms with Gasteiger partial charge in [-0.15, -0.1) is 0 Å². The van der Waals surface area contributed by atoms with E-state index in [0.29, 0.717) is 5.56 Å². The first-order chi connectivity index (χ1) is 9.90. The second-order valence-corrected chi connectivity index (χ2v) is 6.82. The smallest absolute Gasteiger partial charge is 0.310 e. The predicted octanol–water partition coefficient (Wildman–Crippen LogP) is 4.11. The number of rotatable bonds is 3. The topological polar surface area (TPSA) is 43.4 Å². The zero-order valence-electron chi connectivity index (χ0n) is 13.1. The molecule has 0 radical (unpaired) electrons. The van der Waals surface area contributed by atoms with E-state index in [2.05, 4.69) is 0 Å². The molecule has 2 atom stereocenters. The van der Waals surface area contributed by atoms with E-state index in [4.69, 9.17) is 4.74 Å². The van der Waals surface area contributed by atoms with Crippen molar-refractivity contribution in [1.82, 2.24) is 0 Å². The lowest BCUT2D eigenvalue weighted by atomic mass is 9.75. The summed E-state index contributed by atoms with van der Waals surface area (Å²) in [5.41, 5.74) is 1.36. The summed E-state index contributed by atoms with van der Waals surface area (Å²) in [5, 5.41) is 0. The minimum Gasteiger partial charge on any atom is -0.460 e. The SMILES string of the molecule is CC(C)(C)OC(=O)[C@H]1CCCC[C@@H]1c1ccc(C=O)cc1. The molecule has 0 unspecified atom stereocenters. The molecule has 3 heteroatoms. The molecular weight excluding hydrogens is 264 g/mol. The quantitative estimate of drug-likeness (QED) is 0.621. The Hall–Kier alpha value is -1.64. The van der Waals surface area contributed by atoms with Crippen LogP contribution in [0.15, 0.2) is 24.3 Å². The summed E-state index contributed by atoms with van der Waals surface area (Å²) < 4.78 is 5.58. The zero-order chi connectivity index (χ0) is 15.5. The standard InChI is InChI=1S/C18H24O3/c1-18(2,3)21-17(20)16-7-5-4-6-15(16)14-10-8-13(12-19)9-11-14/h8-12,15-16H,4-7H2,1-3H3/t15-,16+/m1/s1. The van der Waals surface area contributed by atoms with E-state index in [-0.39, 0.29) is 17.8 Å². The summed E-state index contributed by atoms with van der Waals surface area (Å²) in [6.07, 6.45) is 4.95. The number of benzene rings is 1. The molecule has 0 heterocycles. The van der Waals surface area contributed by atoms with Gasteiger partial charge in [0.05, 0.1) is 5.92 Å². The third-order valence-corrected chi connectivity index (χ3v) is 3.98. The lowest BCUT2D eigenvalue weighted by Gasteiger charge is -2.32. The fourth-order valence-electron chi connectivity index (χ4n) is 3.01. The molecule has 0 amide bonds. The first-order valence-electron chi connectivity index (χ1n) is 7.69. The van der Waals surface area contributed by atoms with Crippen molar-refractivity contribution in [2.75, 3.05) is 0 Å². The number of hydrogen-bond acceptors (Lipinski definition) is 3. The van der Waals surface area contributed by atoms with Crippen LogP contribution in [0.1, 0.15) is 68.3 Å². The normalized spacial score (nSPS) is 22.6. The van der Waals surface area contributed by atoms with Crippen LogP contribution in [0.2, 0.25) is 0 Å². The third-order valence-electron chi connectivity index (χ3n) is 3.98. The van der Waals surface area contributed by atoms with Crippen LogP contribution in [0.3, 0.4) is 0 Å². The molecule has 1 aromatic carbocycles. The molecule has 1 aliphatic carbocycles. The van der Waals surface area contributed by atoms with Gasteiger partial charge in [0.1, 0.15) is 11.9 Å². The van der Waals surface area contributed by atoms with E-state index in [9.17, 15) is 9.59 Å². The minimum atomic E-state index is -0.444. The molecule has 1 aliphatic rings. The molecule has 114 valence electrons. The number of ether oxygens (including phenoxy) is 1. The zero-order valence-corrected chi connectivity index (χ0v) is 13.1. The Morgan fingerprint density at radius 3 is 2.33 bits per heavy atom. The lowest BCUT2D eigenvalue weighted by molar-refractivity contribution is -0.161. The Kier molecular flexibility index (Phi) is 4.81. The number of hydrogen-bond donors (Lipinski definition) is 0. The van der Waals surface area contributed by atoms with E-state index in [1.807, 2.05) is 45.0 Å². The Balaban J connectivity index is 2.18. The third kappa shape index (κ3) is 4.16. The van der Waals surface area contributed by atoms with Crippen LogP contribution in [-0.2, 0) is 9.53 Å². The van der Waals surface area contributed by atoms with Crippen molar-refractivity contribution in [3.63, 3.8) is 0 Å². The van der Waals surface area contributed by atoms with Gasteiger partial charge in [0.15, 0.2) is 0 Å². The van der Waals surface area contributed by atoms with Crippen molar-refractivity contribution in [3.8, 4) is 0 Å². The van der Waals surface area contributed by atoms with Crippen molar-refractivity contribution >= 4 is 12.3 Å². The van der Waals surface area contributed by atoms with Gasteiger partial charge in [-0.2, -0.15) is 0 Å². The van der Waals surface area contributed by atoms with E-state index in [0.717, 1.165) is 37.5 Å². The highest BCUT2D eigenvalue weighted by molar-refractivity contribution is 5.76. The first-order valence-corrected chi connectivity index (χ1v) is 7.69. The summed E-state index contributed by atoms with van der Waals surface area (Å²) in [6, 6.07) is 7.58. The van der Waals surface area contributed by atoms with Gasteiger partial charge in [-0.3, -0.25) is 9.59 Å². The molecule has 1 aromatic rings. The average Bonchev–Trinajstić information content (AvgIpc) is 2.45. The first kappa shape index (κ1) is 15.7. The van der Waals surface area contributed by atoms with Gasteiger partial charge >= 0.3 is 5.97 Å². The van der Waals surface area contributed by atoms with Crippen molar-refractivity contribution in [2.45, 2.75) is 58.0 Å². The number of carbonyl (C=O) groups is 2. The molecule has 0 N–H and O–H groups in total. The van der Waals surface area contributed by atoms with Crippen LogP contribution in [-0.4, -0.2) is 17.9 Å². The van der Waals surface area contributed by atoms with Crippen LogP contribution in [0.25, 0.3) is 0 Å². The molecule has 0 spiro atoms. The second-order valence-electron chi connectivity index (χ2n) is 6.82. The second kappa shape index (κ2) is 6.42. The summed E-state index contributed by atoms with van der Waals surface area (Å²) in [7, 11) is 0. The van der Waals surface area contributed by atoms with Gasteiger partial charge in [0, 0.05) is 5.56 Å². The van der Waals surface area contributed by atoms with Crippen LogP contribution in [0.4, 0.5) is 0 Å². The molecule has 0 bridgehead atoms. The highest BCUT2D eigenvalue weighted by Crippen LogP contribution is 2.39. The Morgan fingerprint density at radius 1 is 1.14 bits per heavy atom. The lowest BCUT2D eigenvalue weighted by Crippen LogP contribution is -2.33. The van der Waals surface area contributed by atoms with Gasteiger partial charge < -0.3 is 4.74 Å². The molecule has 21 heavy (non-hydrogen) atoms. The van der Waals surface area contributed by atoms with E-state index >= 15 is 0 Å². The monoisotopic (exact) mass is 288 g/mol. The Morgan fingerprint density at radius 2 is 1.76 bits per heavy atom. The highest BCUT2D eigenvalue weighted by Gasteiger charge is 2.34. The predicted molar refractivity (Wildman–Crippen MR) is 82.4 cm³/mol. The fourth-order valence-corrected chi connectivity index (χ4v) is 3.01. The molecule has 0 saturated heterocycles. The molecule has 3 nitrogen and oxygen atoms in total. The maximum Gasteiger partial charge on any atom is 0.310 e. The van der Waals surface area contributed by atoms with Gasteiger partial charge in [-0.05, 0) is 45.1 Å². The fraction of sp³-hybridized carbons (Fsp3) is 0.556. The van der Waals surface area contributed by atoms with Gasteiger partial charge in [0.25, 0.3) is 0 Å². The summed E-state index contributed by atoms with van der Waals surface area (Å²) in [5.74, 6) is 0.0426. The Bertz CT molecular complexity index is 496. The molecule has 1 fully saturated rings. The van der Waals surface area contributed by atoms with Crippen LogP contribution < -0.4 is 0 Å². The summed E-state index contributed by atoms with van der Waals surface area (Å²) in [4.78, 5) is 23.2. The largest absolute Gasteiger partial charge is 0.460 e. The van der Waals surface area contributed by atoms with Gasteiger partial charge in [0.2, 0.25) is 0 Å². The summed E-state index contributed by atoms with van der Waals surface area (Å²) in [6.45, 7) is 5.71. The summed E-state index contributed by atoms with van der Waals surface area (Å²) >= 11 is 0. The number of esters is 1. The highest BCUT2D eigenvalue weighted by atomic mass is 16.6. The van der Waals surface area contributed by atoms with Crippen LogP contribution in [0.5, 0.6) is 0 Å². The van der Waals surface area contributed by atoms with Crippen LogP contribution in [0, 0.1) is 5.92 Å². The van der Waals surface area contributed by atoms with Crippen molar-refractivity contribution in [3.05, 3.63) is 35.4 Å². The van der Waals surface area contributed by atoms with Crippen LogP contribution >= 0.6 is 0 Å². The molecular formula is C18H24O3. The van der Waals surface area contributed by atoms with Crippen molar-refractivity contribution in [2.24, 2.45) is 5.92 Å². The maximum atomic E-state index is 12.4. The van der Waals surface area contributed by atoms with Gasteiger partial charge in [-0.25, -0.2) is 0 Å². The average molecular weight is 288 g/mol. The van der Waals surface area contributed by atoms with E-state index < -0.39 is 5.60 Å². The molecule has 1 saturated carbocycles. The van der Waals surface area contributed by atoms with E-state index in [1.165, 1.54) is 0 Å². The van der Waals surface area contributed by atoms with Gasteiger partial charge in [-0.1, -0.05) is 37.1 Å². The number of carbonyl (C=O) groups excluding carboxylic acids is 2. The molecule has 2 rings (SSSR count).